The van der Waals surface area contributed by atoms with Crippen molar-refractivity contribution >= 4 is 16.9 Å². The zero-order chi connectivity index (χ0) is 19.9. The summed E-state index contributed by atoms with van der Waals surface area (Å²) >= 11 is 1.67. The first-order valence-electron chi connectivity index (χ1n) is 9.69. The maximum Gasteiger partial charge on any atom is 0.125 e. The highest BCUT2D eigenvalue weighted by molar-refractivity contribution is 7.18. The first-order valence-corrected chi connectivity index (χ1v) is 10.5. The SMILES string of the molecule is C=C1CCCc2ccc(-c3sc(-c4cccnc4)nc3C)nc21.CCCOC. The molecule has 5 heteroatoms. The van der Waals surface area contributed by atoms with E-state index in [9.17, 15) is 0 Å². The minimum Gasteiger partial charge on any atom is -0.385 e. The van der Waals surface area contributed by atoms with E-state index in [1.807, 2.05) is 25.3 Å². The van der Waals surface area contributed by atoms with E-state index in [-0.39, 0.29) is 0 Å². The molecule has 0 spiro atoms. The summed E-state index contributed by atoms with van der Waals surface area (Å²) in [4.78, 5) is 14.9. The summed E-state index contributed by atoms with van der Waals surface area (Å²) in [6.07, 6.45) is 8.08. The lowest BCUT2D eigenvalue weighted by molar-refractivity contribution is 0.199. The van der Waals surface area contributed by atoms with E-state index < -0.39 is 0 Å². The molecule has 0 radical (unpaired) electrons. The first kappa shape index (κ1) is 20.4. The van der Waals surface area contributed by atoms with E-state index in [0.29, 0.717) is 0 Å². The van der Waals surface area contributed by atoms with E-state index in [0.717, 1.165) is 64.0 Å². The number of hydrogen-bond acceptors (Lipinski definition) is 5. The Morgan fingerprint density at radius 3 is 2.71 bits per heavy atom. The smallest absolute Gasteiger partial charge is 0.125 e. The number of methoxy groups -OCH3 is 1. The summed E-state index contributed by atoms with van der Waals surface area (Å²) in [5.41, 5.74) is 6.63. The second-order valence-corrected chi connectivity index (χ2v) is 7.83. The first-order chi connectivity index (χ1) is 13.6. The van der Waals surface area contributed by atoms with Gasteiger partial charge in [0.2, 0.25) is 0 Å². The van der Waals surface area contributed by atoms with Gasteiger partial charge in [-0.2, -0.15) is 0 Å². The third kappa shape index (κ3) is 4.72. The molecule has 0 amide bonds. The average molecular weight is 394 g/mol. The van der Waals surface area contributed by atoms with Gasteiger partial charge in [0, 0.05) is 31.7 Å². The van der Waals surface area contributed by atoms with Crippen LogP contribution in [0.2, 0.25) is 0 Å². The van der Waals surface area contributed by atoms with Crippen molar-refractivity contribution in [3.63, 3.8) is 0 Å². The number of nitrogens with zero attached hydrogens (tertiary/aromatic N) is 3. The molecule has 0 fully saturated rings. The van der Waals surface area contributed by atoms with Crippen molar-refractivity contribution in [2.75, 3.05) is 13.7 Å². The molecule has 3 aromatic rings. The predicted molar refractivity (Wildman–Crippen MR) is 117 cm³/mol. The third-order valence-corrected chi connectivity index (χ3v) is 5.81. The molecule has 0 saturated heterocycles. The van der Waals surface area contributed by atoms with E-state index >= 15 is 0 Å². The Hall–Kier alpha value is -2.37. The second kappa shape index (κ2) is 9.71. The quantitative estimate of drug-likeness (QED) is 0.548. The van der Waals surface area contributed by atoms with Crippen LogP contribution >= 0.6 is 11.3 Å². The van der Waals surface area contributed by atoms with Crippen molar-refractivity contribution in [3.05, 3.63) is 60.2 Å². The molecular weight excluding hydrogens is 366 g/mol. The van der Waals surface area contributed by atoms with Crippen LogP contribution in [0.5, 0.6) is 0 Å². The number of pyridine rings is 2. The maximum absolute atomic E-state index is 4.89. The summed E-state index contributed by atoms with van der Waals surface area (Å²) in [5, 5.41) is 0.990. The van der Waals surface area contributed by atoms with Gasteiger partial charge in [0.15, 0.2) is 0 Å². The lowest BCUT2D eigenvalue weighted by Gasteiger charge is -2.17. The third-order valence-electron chi connectivity index (χ3n) is 4.58. The highest BCUT2D eigenvalue weighted by Crippen LogP contribution is 2.36. The zero-order valence-corrected chi connectivity index (χ0v) is 17.7. The van der Waals surface area contributed by atoms with E-state index in [2.05, 4.69) is 30.6 Å². The van der Waals surface area contributed by atoms with Crippen molar-refractivity contribution in [3.8, 4) is 21.1 Å². The minimum absolute atomic E-state index is 0.889. The fraction of sp³-hybridized carbons (Fsp3) is 0.348. The van der Waals surface area contributed by atoms with Crippen LogP contribution in [0.15, 0.2) is 43.2 Å². The molecule has 0 unspecified atom stereocenters. The Labute approximate surface area is 171 Å². The van der Waals surface area contributed by atoms with Crippen LogP contribution in [0.25, 0.3) is 26.7 Å². The van der Waals surface area contributed by atoms with Crippen LogP contribution in [-0.4, -0.2) is 28.7 Å². The molecular formula is C23H27N3OS. The predicted octanol–water partition coefficient (Wildman–Crippen LogP) is 5.97. The fourth-order valence-corrected chi connectivity index (χ4v) is 4.21. The number of ether oxygens (including phenoxy) is 1. The zero-order valence-electron chi connectivity index (χ0n) is 16.9. The number of thiazole rings is 1. The molecule has 4 rings (SSSR count). The van der Waals surface area contributed by atoms with E-state index in [1.54, 1.807) is 24.6 Å². The Bertz CT molecular complexity index is 932. The fourth-order valence-electron chi connectivity index (χ4n) is 3.18. The Kier molecular flexibility index (Phi) is 7.06. The Morgan fingerprint density at radius 2 is 2.04 bits per heavy atom. The number of aromatic nitrogens is 3. The number of rotatable bonds is 4. The van der Waals surface area contributed by atoms with E-state index in [4.69, 9.17) is 14.7 Å². The Balaban J connectivity index is 0.000000403. The number of fused-ring (bicyclic) bond motifs is 1. The van der Waals surface area contributed by atoms with Crippen LogP contribution in [0.3, 0.4) is 0 Å². The van der Waals surface area contributed by atoms with Crippen LogP contribution in [0, 0.1) is 6.92 Å². The van der Waals surface area contributed by atoms with Gasteiger partial charge in [-0.05, 0) is 61.9 Å². The maximum atomic E-state index is 4.89. The van der Waals surface area contributed by atoms with Crippen LogP contribution in [0.1, 0.15) is 43.1 Å². The van der Waals surface area contributed by atoms with Gasteiger partial charge in [-0.25, -0.2) is 9.97 Å². The monoisotopic (exact) mass is 393 g/mol. The highest BCUT2D eigenvalue weighted by Gasteiger charge is 2.18. The van der Waals surface area contributed by atoms with E-state index in [1.165, 1.54) is 12.0 Å². The molecule has 146 valence electrons. The molecule has 0 atom stereocenters. The molecule has 3 heterocycles. The normalized spacial score (nSPS) is 12.9. The van der Waals surface area contributed by atoms with Gasteiger partial charge < -0.3 is 4.74 Å². The van der Waals surface area contributed by atoms with Gasteiger partial charge in [-0.1, -0.05) is 19.6 Å². The molecule has 4 nitrogen and oxygen atoms in total. The van der Waals surface area contributed by atoms with Gasteiger partial charge >= 0.3 is 0 Å². The lowest BCUT2D eigenvalue weighted by Crippen LogP contribution is -2.04. The van der Waals surface area contributed by atoms with Gasteiger partial charge in [0.05, 0.1) is 22.0 Å². The topological polar surface area (TPSA) is 47.9 Å². The van der Waals surface area contributed by atoms with Crippen molar-refractivity contribution in [1.82, 2.24) is 15.0 Å². The van der Waals surface area contributed by atoms with Crippen molar-refractivity contribution < 1.29 is 4.74 Å². The molecule has 0 aliphatic heterocycles. The van der Waals surface area contributed by atoms with Crippen LogP contribution < -0.4 is 0 Å². The van der Waals surface area contributed by atoms with Crippen LogP contribution in [-0.2, 0) is 11.2 Å². The molecule has 1 aliphatic carbocycles. The van der Waals surface area contributed by atoms with Crippen molar-refractivity contribution in [1.29, 1.82) is 0 Å². The molecule has 0 saturated carbocycles. The summed E-state index contributed by atoms with van der Waals surface area (Å²) in [5.74, 6) is 0. The summed E-state index contributed by atoms with van der Waals surface area (Å²) in [6, 6.07) is 8.29. The summed E-state index contributed by atoms with van der Waals surface area (Å²) < 4.78 is 4.69. The number of aryl methyl sites for hydroxylation is 2. The molecule has 0 aromatic carbocycles. The number of allylic oxidation sites excluding steroid dienone is 1. The molecule has 1 aliphatic rings. The van der Waals surface area contributed by atoms with Gasteiger partial charge in [-0.3, -0.25) is 4.98 Å². The highest BCUT2D eigenvalue weighted by atomic mass is 32.1. The standard InChI is InChI=1S/C19H17N3S.C4H10O/c1-12-5-3-6-14-8-9-16(22-17(12)14)18-13(2)21-19(23-18)15-7-4-10-20-11-15;1-3-4-5-2/h4,7-11H,1,3,5-6H2,2H3;3-4H2,1-2H3. The van der Waals surface area contributed by atoms with Crippen molar-refractivity contribution in [2.45, 2.75) is 39.5 Å². The number of hydrogen-bond donors (Lipinski definition) is 0. The Morgan fingerprint density at radius 1 is 1.18 bits per heavy atom. The summed E-state index contributed by atoms with van der Waals surface area (Å²) in [7, 11) is 1.71. The summed E-state index contributed by atoms with van der Waals surface area (Å²) in [6.45, 7) is 9.20. The average Bonchev–Trinajstić information content (AvgIpc) is 3.12. The van der Waals surface area contributed by atoms with Gasteiger partial charge in [0.1, 0.15) is 5.01 Å². The molecule has 28 heavy (non-hydrogen) atoms. The molecule has 3 aromatic heterocycles. The second-order valence-electron chi connectivity index (χ2n) is 6.83. The van der Waals surface area contributed by atoms with Crippen molar-refractivity contribution in [2.24, 2.45) is 0 Å². The molecule has 0 bridgehead atoms. The molecule has 0 N–H and O–H groups in total. The minimum atomic E-state index is 0.889. The largest absolute Gasteiger partial charge is 0.385 e. The lowest BCUT2D eigenvalue weighted by atomic mass is 9.92. The van der Waals surface area contributed by atoms with Gasteiger partial charge in [-0.15, -0.1) is 11.3 Å². The van der Waals surface area contributed by atoms with Gasteiger partial charge in [0.25, 0.3) is 0 Å². The van der Waals surface area contributed by atoms with Crippen LogP contribution in [0.4, 0.5) is 0 Å².